The summed E-state index contributed by atoms with van der Waals surface area (Å²) in [6, 6.07) is 13.9. The van der Waals surface area contributed by atoms with Crippen LogP contribution in [0.15, 0.2) is 53.4 Å². The van der Waals surface area contributed by atoms with Gasteiger partial charge in [0.25, 0.3) is 5.69 Å². The average molecular weight is 333 g/mol. The zero-order valence-electron chi connectivity index (χ0n) is 12.5. The maximum Gasteiger partial charge on any atom is 0.284 e. The second-order valence-corrected chi connectivity index (χ2v) is 6.42. The highest BCUT2D eigenvalue weighted by Crippen LogP contribution is 2.42. The summed E-state index contributed by atoms with van der Waals surface area (Å²) in [4.78, 5) is 11.3. The number of nitro benzene ring substituents is 1. The first-order chi connectivity index (χ1) is 11.0. The molecule has 0 aromatic heterocycles. The number of benzene rings is 2. The van der Waals surface area contributed by atoms with Crippen molar-refractivity contribution in [2.45, 2.75) is 22.6 Å². The van der Waals surface area contributed by atoms with Crippen LogP contribution in [0.5, 0.6) is 0 Å². The van der Waals surface area contributed by atoms with Crippen LogP contribution in [0, 0.1) is 10.1 Å². The Labute approximate surface area is 138 Å². The Balaban J connectivity index is 2.33. The molecule has 0 aliphatic rings. The number of anilines is 1. The molecule has 2 rings (SSSR count). The van der Waals surface area contributed by atoms with Gasteiger partial charge in [-0.05, 0) is 24.1 Å². The predicted octanol–water partition coefficient (Wildman–Crippen LogP) is 2.72. The Bertz CT molecular complexity index is 667. The lowest BCUT2D eigenvalue weighted by Crippen LogP contribution is -2.26. The maximum atomic E-state index is 11.2. The van der Waals surface area contributed by atoms with Crippen molar-refractivity contribution in [1.82, 2.24) is 0 Å². The van der Waals surface area contributed by atoms with Gasteiger partial charge in [0.05, 0.1) is 16.4 Å². The number of aliphatic hydroxyl groups is 1. The van der Waals surface area contributed by atoms with Gasteiger partial charge in [0.15, 0.2) is 0 Å². The van der Waals surface area contributed by atoms with E-state index in [0.717, 1.165) is 5.56 Å². The van der Waals surface area contributed by atoms with E-state index in [4.69, 9.17) is 11.5 Å². The normalized spacial score (nSPS) is 13.5. The molecular formula is C16H19N3O3S. The molecule has 0 bridgehead atoms. The number of nitro groups is 1. The van der Waals surface area contributed by atoms with Gasteiger partial charge in [-0.15, -0.1) is 11.8 Å². The van der Waals surface area contributed by atoms with Gasteiger partial charge in [0, 0.05) is 23.0 Å². The van der Waals surface area contributed by atoms with Gasteiger partial charge < -0.3 is 16.6 Å². The second-order valence-electron chi connectivity index (χ2n) is 5.18. The monoisotopic (exact) mass is 333 g/mol. The lowest BCUT2D eigenvalue weighted by molar-refractivity contribution is -0.387. The fraction of sp³-hybridized carbons (Fsp3) is 0.250. The Morgan fingerprint density at radius 3 is 2.52 bits per heavy atom. The Hall–Kier alpha value is -2.09. The number of nitrogens with two attached hydrogens (primary N) is 2. The highest BCUT2D eigenvalue weighted by Gasteiger charge is 2.22. The highest BCUT2D eigenvalue weighted by molar-refractivity contribution is 7.99. The molecule has 0 aliphatic heterocycles. The van der Waals surface area contributed by atoms with Crippen LogP contribution in [0.3, 0.4) is 0 Å². The minimum atomic E-state index is -0.438. The summed E-state index contributed by atoms with van der Waals surface area (Å²) in [5, 5.41) is 20.4. The van der Waals surface area contributed by atoms with Gasteiger partial charge in [0.1, 0.15) is 0 Å². The first-order valence-corrected chi connectivity index (χ1v) is 8.01. The Kier molecular flexibility index (Phi) is 5.97. The molecule has 6 nitrogen and oxygen atoms in total. The van der Waals surface area contributed by atoms with Crippen molar-refractivity contribution in [2.75, 3.05) is 12.3 Å². The van der Waals surface area contributed by atoms with E-state index in [0.29, 0.717) is 17.0 Å². The minimum absolute atomic E-state index is 0.0199. The molecule has 0 saturated heterocycles. The van der Waals surface area contributed by atoms with E-state index in [1.54, 1.807) is 12.1 Å². The smallest absolute Gasteiger partial charge is 0.284 e. The third kappa shape index (κ3) is 4.69. The fourth-order valence-corrected chi connectivity index (χ4v) is 3.54. The second kappa shape index (κ2) is 7.96. The number of hydrogen-bond donors (Lipinski definition) is 3. The molecule has 5 N–H and O–H groups in total. The number of aliphatic hydroxyl groups excluding tert-OH is 1. The summed E-state index contributed by atoms with van der Waals surface area (Å²) in [6.45, 7) is -0.131. The molecule has 0 heterocycles. The van der Waals surface area contributed by atoms with Crippen LogP contribution in [0.1, 0.15) is 17.2 Å². The quantitative estimate of drug-likeness (QED) is 0.310. The van der Waals surface area contributed by atoms with Crippen LogP contribution in [0.4, 0.5) is 11.4 Å². The lowest BCUT2D eigenvalue weighted by Gasteiger charge is -2.20. The summed E-state index contributed by atoms with van der Waals surface area (Å²) in [7, 11) is 0. The van der Waals surface area contributed by atoms with E-state index >= 15 is 0 Å². The van der Waals surface area contributed by atoms with Gasteiger partial charge in [-0.25, -0.2) is 0 Å². The number of hydrogen-bond acceptors (Lipinski definition) is 6. The summed E-state index contributed by atoms with van der Waals surface area (Å²) in [5.41, 5.74) is 12.9. The van der Waals surface area contributed by atoms with E-state index in [-0.39, 0.29) is 23.6 Å². The fourth-order valence-electron chi connectivity index (χ4n) is 2.20. The number of rotatable bonds is 7. The minimum Gasteiger partial charge on any atom is -0.399 e. The van der Waals surface area contributed by atoms with Crippen molar-refractivity contribution < 1.29 is 10.0 Å². The Morgan fingerprint density at radius 1 is 1.22 bits per heavy atom. The maximum absolute atomic E-state index is 11.2. The third-order valence-corrected chi connectivity index (χ3v) is 4.72. The van der Waals surface area contributed by atoms with Crippen molar-refractivity contribution in [3.8, 4) is 0 Å². The molecule has 1 unspecified atom stereocenters. The van der Waals surface area contributed by atoms with Crippen molar-refractivity contribution in [1.29, 1.82) is 0 Å². The first-order valence-electron chi connectivity index (χ1n) is 7.13. The molecule has 0 spiro atoms. The zero-order chi connectivity index (χ0) is 16.8. The molecule has 2 atom stereocenters. The molecular weight excluding hydrogens is 314 g/mol. The predicted molar refractivity (Wildman–Crippen MR) is 92.2 cm³/mol. The summed E-state index contributed by atoms with van der Waals surface area (Å²) in [6.07, 6.45) is 0.507. The van der Waals surface area contributed by atoms with Crippen LogP contribution >= 0.6 is 11.8 Å². The SMILES string of the molecule is Nc1ccc(SC(C[C@H](N)CO)c2ccccc2)c([N+](=O)[O-])c1. The van der Waals surface area contributed by atoms with Crippen molar-refractivity contribution in [2.24, 2.45) is 5.73 Å². The molecule has 2 aromatic rings. The largest absolute Gasteiger partial charge is 0.399 e. The number of nitrogen functional groups attached to an aromatic ring is 1. The first kappa shape index (κ1) is 17.3. The van der Waals surface area contributed by atoms with E-state index in [1.807, 2.05) is 30.3 Å². The van der Waals surface area contributed by atoms with Gasteiger partial charge in [-0.2, -0.15) is 0 Å². The van der Waals surface area contributed by atoms with Crippen molar-refractivity contribution in [3.05, 3.63) is 64.2 Å². The molecule has 0 radical (unpaired) electrons. The average Bonchev–Trinajstić information content (AvgIpc) is 2.56. The van der Waals surface area contributed by atoms with E-state index in [1.165, 1.54) is 17.8 Å². The standard InChI is InChI=1S/C16H19N3O3S/c17-12-6-7-15(14(8-12)19(21)22)23-16(9-13(18)10-20)11-4-2-1-3-5-11/h1-8,13,16,20H,9-10,17-18H2/t13-,16?/m0/s1. The van der Waals surface area contributed by atoms with Crippen LogP contribution in [0.25, 0.3) is 0 Å². The number of thioether (sulfide) groups is 1. The molecule has 23 heavy (non-hydrogen) atoms. The van der Waals surface area contributed by atoms with E-state index < -0.39 is 4.92 Å². The molecule has 122 valence electrons. The molecule has 0 fully saturated rings. The topological polar surface area (TPSA) is 115 Å². The van der Waals surface area contributed by atoms with Gasteiger partial charge >= 0.3 is 0 Å². The molecule has 2 aromatic carbocycles. The summed E-state index contributed by atoms with van der Waals surface area (Å²) in [5.74, 6) is 0. The van der Waals surface area contributed by atoms with E-state index in [9.17, 15) is 15.2 Å². The molecule has 0 aliphatic carbocycles. The van der Waals surface area contributed by atoms with E-state index in [2.05, 4.69) is 0 Å². The Morgan fingerprint density at radius 2 is 1.91 bits per heavy atom. The van der Waals surface area contributed by atoms with Crippen LogP contribution < -0.4 is 11.5 Å². The van der Waals surface area contributed by atoms with Crippen molar-refractivity contribution >= 4 is 23.1 Å². The summed E-state index contributed by atoms with van der Waals surface area (Å²) >= 11 is 1.36. The van der Waals surface area contributed by atoms with Crippen LogP contribution in [0.2, 0.25) is 0 Å². The highest BCUT2D eigenvalue weighted by atomic mass is 32.2. The van der Waals surface area contributed by atoms with Gasteiger partial charge in [-0.1, -0.05) is 30.3 Å². The molecule has 7 heteroatoms. The van der Waals surface area contributed by atoms with Crippen LogP contribution in [-0.4, -0.2) is 22.7 Å². The lowest BCUT2D eigenvalue weighted by atomic mass is 10.1. The zero-order valence-corrected chi connectivity index (χ0v) is 13.3. The van der Waals surface area contributed by atoms with Crippen molar-refractivity contribution in [3.63, 3.8) is 0 Å². The van der Waals surface area contributed by atoms with Gasteiger partial charge in [-0.3, -0.25) is 10.1 Å². The molecule has 0 saturated carbocycles. The molecule has 0 amide bonds. The summed E-state index contributed by atoms with van der Waals surface area (Å²) < 4.78 is 0. The van der Waals surface area contributed by atoms with Gasteiger partial charge in [0.2, 0.25) is 0 Å². The van der Waals surface area contributed by atoms with Crippen LogP contribution in [-0.2, 0) is 0 Å². The third-order valence-electron chi connectivity index (χ3n) is 3.37. The number of nitrogens with zero attached hydrogens (tertiary/aromatic N) is 1.